The van der Waals surface area contributed by atoms with Crippen LogP contribution in [0.1, 0.15) is 47.0 Å². The summed E-state index contributed by atoms with van der Waals surface area (Å²) in [4.78, 5) is 0. The van der Waals surface area contributed by atoms with Crippen LogP contribution in [-0.2, 0) is 0 Å². The first kappa shape index (κ1) is 11.0. The minimum atomic E-state index is 0.116. The van der Waals surface area contributed by atoms with E-state index in [2.05, 4.69) is 27.7 Å². The van der Waals surface area contributed by atoms with Crippen LogP contribution in [-0.4, -0.2) is 11.7 Å². The largest absolute Gasteiger partial charge is 0.396 e. The van der Waals surface area contributed by atoms with E-state index in [-0.39, 0.29) is 5.41 Å². The van der Waals surface area contributed by atoms with Crippen LogP contribution in [0.25, 0.3) is 0 Å². The molecule has 0 aromatic heterocycles. The third-order valence-electron chi connectivity index (χ3n) is 2.64. The van der Waals surface area contributed by atoms with Gasteiger partial charge < -0.3 is 5.11 Å². The molecule has 0 heterocycles. The molecule has 0 rings (SSSR count). The van der Waals surface area contributed by atoms with Crippen molar-refractivity contribution in [3.63, 3.8) is 0 Å². The Morgan fingerprint density at radius 2 is 1.82 bits per heavy atom. The molecule has 1 N–H and O–H groups in total. The van der Waals surface area contributed by atoms with Gasteiger partial charge in [-0.2, -0.15) is 0 Å². The second-order valence-corrected chi connectivity index (χ2v) is 4.04. The monoisotopic (exact) mass is 158 g/mol. The topological polar surface area (TPSA) is 20.2 Å². The van der Waals surface area contributed by atoms with Crippen LogP contribution in [0, 0.1) is 11.3 Å². The molecule has 0 aliphatic heterocycles. The van der Waals surface area contributed by atoms with E-state index in [9.17, 15) is 0 Å². The minimum Gasteiger partial charge on any atom is -0.396 e. The molecule has 0 radical (unpaired) electrons. The fraction of sp³-hybridized carbons (Fsp3) is 1.00. The molecule has 0 fully saturated rings. The van der Waals surface area contributed by atoms with Crippen molar-refractivity contribution >= 4 is 0 Å². The normalized spacial score (nSPS) is 15.0. The smallest absolute Gasteiger partial charge is 0.0484 e. The average Bonchev–Trinajstić information content (AvgIpc) is 2.00. The Morgan fingerprint density at radius 3 is 2.09 bits per heavy atom. The van der Waals surface area contributed by atoms with Gasteiger partial charge in [-0.15, -0.1) is 0 Å². The van der Waals surface area contributed by atoms with Crippen LogP contribution in [0.15, 0.2) is 0 Å². The minimum absolute atomic E-state index is 0.116. The van der Waals surface area contributed by atoms with E-state index in [1.165, 1.54) is 19.3 Å². The maximum Gasteiger partial charge on any atom is 0.0484 e. The van der Waals surface area contributed by atoms with Crippen LogP contribution in [0.2, 0.25) is 0 Å². The molecule has 0 bridgehead atoms. The Kier molecular flexibility index (Phi) is 4.74. The highest BCUT2D eigenvalue weighted by atomic mass is 16.3. The van der Waals surface area contributed by atoms with Gasteiger partial charge in [0, 0.05) is 6.61 Å². The number of hydrogen-bond acceptors (Lipinski definition) is 1. The Bertz CT molecular complexity index is 97.0. The molecule has 0 saturated heterocycles. The van der Waals surface area contributed by atoms with E-state index in [0.29, 0.717) is 12.5 Å². The lowest BCUT2D eigenvalue weighted by atomic mass is 9.76. The Labute approximate surface area is 70.8 Å². The summed E-state index contributed by atoms with van der Waals surface area (Å²) in [5.74, 6) is 0.678. The molecule has 0 aromatic rings. The summed E-state index contributed by atoms with van der Waals surface area (Å²) in [6.07, 6.45) is 3.65. The molecule has 0 aromatic carbocycles. The van der Waals surface area contributed by atoms with Crippen LogP contribution in [0.4, 0.5) is 0 Å². The molecule has 0 amide bonds. The highest BCUT2D eigenvalue weighted by molar-refractivity contribution is 4.76. The standard InChI is InChI=1S/C10H22O/c1-5-7-9(6-2)10(3,4)8-11/h9,11H,5-8H2,1-4H3. The van der Waals surface area contributed by atoms with Crippen molar-refractivity contribution in [3.8, 4) is 0 Å². The van der Waals surface area contributed by atoms with Crippen molar-refractivity contribution in [1.29, 1.82) is 0 Å². The molecule has 1 nitrogen and oxygen atoms in total. The van der Waals surface area contributed by atoms with Crippen molar-refractivity contribution in [2.45, 2.75) is 47.0 Å². The summed E-state index contributed by atoms with van der Waals surface area (Å²) in [6.45, 7) is 9.02. The summed E-state index contributed by atoms with van der Waals surface area (Å²) < 4.78 is 0. The highest BCUT2D eigenvalue weighted by Gasteiger charge is 2.26. The molecule has 0 aliphatic rings. The van der Waals surface area contributed by atoms with Gasteiger partial charge in [0.2, 0.25) is 0 Å². The third-order valence-corrected chi connectivity index (χ3v) is 2.64. The second kappa shape index (κ2) is 4.76. The fourth-order valence-electron chi connectivity index (χ4n) is 1.63. The first-order valence-corrected chi connectivity index (χ1v) is 4.69. The van der Waals surface area contributed by atoms with Gasteiger partial charge in [-0.1, -0.05) is 47.0 Å². The predicted octanol–water partition coefficient (Wildman–Crippen LogP) is 2.83. The Hall–Kier alpha value is -0.0400. The third kappa shape index (κ3) is 3.24. The van der Waals surface area contributed by atoms with Gasteiger partial charge in [0.1, 0.15) is 0 Å². The van der Waals surface area contributed by atoms with Crippen molar-refractivity contribution in [1.82, 2.24) is 0 Å². The number of aliphatic hydroxyl groups excluding tert-OH is 1. The second-order valence-electron chi connectivity index (χ2n) is 4.04. The molecular formula is C10H22O. The van der Waals surface area contributed by atoms with Crippen molar-refractivity contribution < 1.29 is 5.11 Å². The van der Waals surface area contributed by atoms with Gasteiger partial charge in [0.15, 0.2) is 0 Å². The molecule has 11 heavy (non-hydrogen) atoms. The van der Waals surface area contributed by atoms with E-state index in [1.807, 2.05) is 0 Å². The first-order chi connectivity index (χ1) is 5.08. The van der Waals surface area contributed by atoms with Crippen LogP contribution < -0.4 is 0 Å². The SMILES string of the molecule is CCCC(CC)C(C)(C)CO. The molecule has 1 unspecified atom stereocenters. The van der Waals surface area contributed by atoms with E-state index in [1.54, 1.807) is 0 Å². The van der Waals surface area contributed by atoms with Gasteiger partial charge >= 0.3 is 0 Å². The van der Waals surface area contributed by atoms with E-state index in [0.717, 1.165) is 0 Å². The van der Waals surface area contributed by atoms with E-state index in [4.69, 9.17) is 5.11 Å². The first-order valence-electron chi connectivity index (χ1n) is 4.69. The summed E-state index contributed by atoms with van der Waals surface area (Å²) in [5.41, 5.74) is 0.116. The van der Waals surface area contributed by atoms with Gasteiger partial charge in [-0.05, 0) is 11.3 Å². The molecule has 0 aliphatic carbocycles. The average molecular weight is 158 g/mol. The molecule has 1 atom stereocenters. The summed E-state index contributed by atoms with van der Waals surface area (Å²) in [7, 11) is 0. The lowest BCUT2D eigenvalue weighted by Gasteiger charge is -2.31. The van der Waals surface area contributed by atoms with Crippen molar-refractivity contribution in [2.75, 3.05) is 6.61 Å². The fourth-order valence-corrected chi connectivity index (χ4v) is 1.63. The maximum absolute atomic E-state index is 9.12. The van der Waals surface area contributed by atoms with Gasteiger partial charge in [0.05, 0.1) is 0 Å². The van der Waals surface area contributed by atoms with Gasteiger partial charge in [-0.3, -0.25) is 0 Å². The van der Waals surface area contributed by atoms with Gasteiger partial charge in [-0.25, -0.2) is 0 Å². The highest BCUT2D eigenvalue weighted by Crippen LogP contribution is 2.32. The van der Waals surface area contributed by atoms with Crippen LogP contribution in [0.3, 0.4) is 0 Å². The summed E-state index contributed by atoms with van der Waals surface area (Å²) in [6, 6.07) is 0. The van der Waals surface area contributed by atoms with Crippen LogP contribution >= 0.6 is 0 Å². The van der Waals surface area contributed by atoms with E-state index < -0.39 is 0 Å². The van der Waals surface area contributed by atoms with Crippen LogP contribution in [0.5, 0.6) is 0 Å². The molecule has 68 valence electrons. The van der Waals surface area contributed by atoms with Gasteiger partial charge in [0.25, 0.3) is 0 Å². The molecule has 0 saturated carbocycles. The summed E-state index contributed by atoms with van der Waals surface area (Å²) >= 11 is 0. The Balaban J connectivity index is 3.99. The number of aliphatic hydroxyl groups is 1. The number of hydrogen-bond donors (Lipinski definition) is 1. The van der Waals surface area contributed by atoms with Crippen molar-refractivity contribution in [3.05, 3.63) is 0 Å². The number of rotatable bonds is 5. The molecule has 1 heteroatoms. The zero-order valence-corrected chi connectivity index (χ0v) is 8.35. The van der Waals surface area contributed by atoms with Crippen molar-refractivity contribution in [2.24, 2.45) is 11.3 Å². The summed E-state index contributed by atoms with van der Waals surface area (Å²) in [5, 5.41) is 9.12. The maximum atomic E-state index is 9.12. The zero-order chi connectivity index (χ0) is 8.91. The predicted molar refractivity (Wildman–Crippen MR) is 49.6 cm³/mol. The lowest BCUT2D eigenvalue weighted by molar-refractivity contribution is 0.0878. The lowest BCUT2D eigenvalue weighted by Crippen LogP contribution is -2.27. The molecule has 0 spiro atoms. The quantitative estimate of drug-likeness (QED) is 0.652. The zero-order valence-electron chi connectivity index (χ0n) is 8.35. The Morgan fingerprint density at radius 1 is 1.27 bits per heavy atom. The molecular weight excluding hydrogens is 136 g/mol. The van der Waals surface area contributed by atoms with E-state index >= 15 is 0 Å².